The molecule has 4 rings (SSSR count). The highest BCUT2D eigenvalue weighted by molar-refractivity contribution is 5.90. The van der Waals surface area contributed by atoms with E-state index in [1.807, 2.05) is 24.3 Å². The molecule has 140 valence electrons. The van der Waals surface area contributed by atoms with Gasteiger partial charge in [-0.3, -0.25) is 14.1 Å². The van der Waals surface area contributed by atoms with Crippen molar-refractivity contribution < 1.29 is 9.53 Å². The molecule has 8 nitrogen and oxygen atoms in total. The van der Waals surface area contributed by atoms with Crippen LogP contribution in [0.5, 0.6) is 0 Å². The molecule has 0 radical (unpaired) electrons. The summed E-state index contributed by atoms with van der Waals surface area (Å²) < 4.78 is 7.93. The van der Waals surface area contributed by atoms with Crippen molar-refractivity contribution in [1.82, 2.24) is 19.1 Å². The van der Waals surface area contributed by atoms with Gasteiger partial charge in [0.2, 0.25) is 5.91 Å². The summed E-state index contributed by atoms with van der Waals surface area (Å²) in [6.45, 7) is 4.16. The van der Waals surface area contributed by atoms with Crippen LogP contribution < -0.4 is 11.0 Å². The number of carbonyl (C=O) groups is 1. The summed E-state index contributed by atoms with van der Waals surface area (Å²) >= 11 is 0. The summed E-state index contributed by atoms with van der Waals surface area (Å²) in [6, 6.07) is 13.0. The van der Waals surface area contributed by atoms with Gasteiger partial charge in [-0.2, -0.15) is 0 Å². The number of fused-ring (bicyclic) bond motifs is 1. The molecule has 0 unspecified atom stereocenters. The standard InChI is InChI=1S/C19H21N5O3/c25-18(14-24-19(26)23-8-2-1-3-17(23)21-24)20-16-6-4-15(5-7-16)13-22-9-11-27-12-10-22/h1-8H,9-14H2,(H,20,25). The van der Waals surface area contributed by atoms with Crippen molar-refractivity contribution in [1.29, 1.82) is 0 Å². The van der Waals surface area contributed by atoms with Crippen LogP contribution in [-0.4, -0.2) is 51.3 Å². The molecule has 1 fully saturated rings. The number of anilines is 1. The Bertz CT molecular complexity index is 986. The smallest absolute Gasteiger partial charge is 0.350 e. The fourth-order valence-electron chi connectivity index (χ4n) is 3.12. The highest BCUT2D eigenvalue weighted by Gasteiger charge is 2.12. The lowest BCUT2D eigenvalue weighted by molar-refractivity contribution is -0.117. The molecule has 2 aromatic heterocycles. The lowest BCUT2D eigenvalue weighted by Gasteiger charge is -2.26. The van der Waals surface area contributed by atoms with Gasteiger partial charge in [-0.15, -0.1) is 5.10 Å². The lowest BCUT2D eigenvalue weighted by Crippen LogP contribution is -2.35. The zero-order chi connectivity index (χ0) is 18.6. The minimum atomic E-state index is -0.332. The van der Waals surface area contributed by atoms with Gasteiger partial charge in [-0.25, -0.2) is 9.48 Å². The van der Waals surface area contributed by atoms with Crippen molar-refractivity contribution in [3.63, 3.8) is 0 Å². The van der Waals surface area contributed by atoms with Gasteiger partial charge in [0.05, 0.1) is 13.2 Å². The molecular formula is C19H21N5O3. The van der Waals surface area contributed by atoms with E-state index in [1.165, 1.54) is 9.96 Å². The van der Waals surface area contributed by atoms with E-state index in [2.05, 4.69) is 15.3 Å². The predicted molar refractivity (Wildman–Crippen MR) is 101 cm³/mol. The third-order valence-electron chi connectivity index (χ3n) is 4.53. The molecule has 0 bridgehead atoms. The van der Waals surface area contributed by atoms with Crippen LogP contribution in [0, 0.1) is 0 Å². The van der Waals surface area contributed by atoms with Crippen molar-refractivity contribution in [2.75, 3.05) is 31.6 Å². The fraction of sp³-hybridized carbons (Fsp3) is 0.316. The maximum absolute atomic E-state index is 12.3. The number of nitrogens with one attached hydrogen (secondary N) is 1. The van der Waals surface area contributed by atoms with E-state index in [0.717, 1.165) is 37.5 Å². The molecule has 3 aromatic rings. The summed E-state index contributed by atoms with van der Waals surface area (Å²) in [7, 11) is 0. The Morgan fingerprint density at radius 1 is 1.11 bits per heavy atom. The summed E-state index contributed by atoms with van der Waals surface area (Å²) in [4.78, 5) is 26.8. The Morgan fingerprint density at radius 3 is 2.63 bits per heavy atom. The molecule has 1 aromatic carbocycles. The second-order valence-corrected chi connectivity index (χ2v) is 6.50. The van der Waals surface area contributed by atoms with Crippen LogP contribution in [0.15, 0.2) is 53.5 Å². The molecule has 0 atom stereocenters. The van der Waals surface area contributed by atoms with Crippen molar-refractivity contribution >= 4 is 17.2 Å². The molecule has 1 amide bonds. The number of ether oxygens (including phenoxy) is 1. The number of aromatic nitrogens is 3. The minimum absolute atomic E-state index is 0.129. The van der Waals surface area contributed by atoms with Crippen molar-refractivity contribution in [2.45, 2.75) is 13.1 Å². The first-order valence-corrected chi connectivity index (χ1v) is 8.92. The van der Waals surface area contributed by atoms with Gasteiger partial charge in [-0.1, -0.05) is 18.2 Å². The number of rotatable bonds is 5. The second-order valence-electron chi connectivity index (χ2n) is 6.50. The number of pyridine rings is 1. The van der Waals surface area contributed by atoms with Gasteiger partial charge >= 0.3 is 5.69 Å². The quantitative estimate of drug-likeness (QED) is 0.727. The van der Waals surface area contributed by atoms with E-state index in [0.29, 0.717) is 11.3 Å². The number of nitrogens with zero attached hydrogens (tertiary/aromatic N) is 4. The molecule has 0 spiro atoms. The van der Waals surface area contributed by atoms with Gasteiger partial charge in [0.1, 0.15) is 6.54 Å². The average Bonchev–Trinajstić information content (AvgIpc) is 3.00. The van der Waals surface area contributed by atoms with Crippen molar-refractivity contribution in [2.24, 2.45) is 0 Å². The van der Waals surface area contributed by atoms with E-state index in [9.17, 15) is 9.59 Å². The van der Waals surface area contributed by atoms with Gasteiger partial charge in [0, 0.05) is 31.5 Å². The molecule has 0 saturated carbocycles. The van der Waals surface area contributed by atoms with E-state index in [-0.39, 0.29) is 18.1 Å². The first-order chi connectivity index (χ1) is 13.2. The highest BCUT2D eigenvalue weighted by Crippen LogP contribution is 2.12. The van der Waals surface area contributed by atoms with Gasteiger partial charge in [-0.05, 0) is 29.8 Å². The Kier molecular flexibility index (Phi) is 4.99. The molecule has 1 aliphatic rings. The zero-order valence-corrected chi connectivity index (χ0v) is 14.9. The number of carbonyl (C=O) groups excluding carboxylic acids is 1. The Hall–Kier alpha value is -2.97. The first kappa shape index (κ1) is 17.4. The van der Waals surface area contributed by atoms with Crippen LogP contribution in [0.25, 0.3) is 5.65 Å². The maximum Gasteiger partial charge on any atom is 0.350 e. The molecule has 0 aliphatic carbocycles. The van der Waals surface area contributed by atoms with Gasteiger partial charge in [0.15, 0.2) is 5.65 Å². The molecule has 27 heavy (non-hydrogen) atoms. The third kappa shape index (κ3) is 4.07. The number of benzene rings is 1. The largest absolute Gasteiger partial charge is 0.379 e. The highest BCUT2D eigenvalue weighted by atomic mass is 16.5. The molecule has 1 aliphatic heterocycles. The van der Waals surface area contributed by atoms with E-state index >= 15 is 0 Å². The zero-order valence-electron chi connectivity index (χ0n) is 14.9. The van der Waals surface area contributed by atoms with Gasteiger partial charge < -0.3 is 10.1 Å². The maximum atomic E-state index is 12.3. The topological polar surface area (TPSA) is 80.9 Å². The van der Waals surface area contributed by atoms with Crippen LogP contribution in [0.3, 0.4) is 0 Å². The number of hydrogen-bond donors (Lipinski definition) is 1. The second kappa shape index (κ2) is 7.73. The Morgan fingerprint density at radius 2 is 1.89 bits per heavy atom. The Labute approximate surface area is 156 Å². The summed E-state index contributed by atoms with van der Waals surface area (Å²) in [5.74, 6) is -0.290. The lowest BCUT2D eigenvalue weighted by atomic mass is 10.2. The Balaban J connectivity index is 1.37. The first-order valence-electron chi connectivity index (χ1n) is 8.92. The third-order valence-corrected chi connectivity index (χ3v) is 4.53. The molecule has 1 saturated heterocycles. The van der Waals surface area contributed by atoms with Crippen LogP contribution in [0.2, 0.25) is 0 Å². The molecule has 3 heterocycles. The van der Waals surface area contributed by atoms with Crippen molar-refractivity contribution in [3.05, 3.63) is 64.7 Å². The normalized spacial score (nSPS) is 15.1. The summed E-state index contributed by atoms with van der Waals surface area (Å²) in [5.41, 5.74) is 2.07. The van der Waals surface area contributed by atoms with Crippen LogP contribution in [0.4, 0.5) is 5.69 Å². The van der Waals surface area contributed by atoms with Crippen LogP contribution in [-0.2, 0) is 22.6 Å². The van der Waals surface area contributed by atoms with E-state index < -0.39 is 0 Å². The monoisotopic (exact) mass is 367 g/mol. The number of morpholine rings is 1. The average molecular weight is 367 g/mol. The summed E-state index contributed by atoms with van der Waals surface area (Å²) in [5, 5.41) is 6.97. The molecule has 8 heteroatoms. The van der Waals surface area contributed by atoms with E-state index in [4.69, 9.17) is 4.74 Å². The minimum Gasteiger partial charge on any atom is -0.379 e. The predicted octanol–water partition coefficient (Wildman–Crippen LogP) is 0.967. The van der Waals surface area contributed by atoms with Crippen LogP contribution >= 0.6 is 0 Å². The number of hydrogen-bond acceptors (Lipinski definition) is 5. The fourth-order valence-corrected chi connectivity index (χ4v) is 3.12. The van der Waals surface area contributed by atoms with E-state index in [1.54, 1.807) is 24.4 Å². The molecular weight excluding hydrogens is 346 g/mol. The van der Waals surface area contributed by atoms with Crippen LogP contribution in [0.1, 0.15) is 5.56 Å². The molecule has 1 N–H and O–H groups in total. The summed E-state index contributed by atoms with van der Waals surface area (Å²) in [6.07, 6.45) is 1.63. The number of amides is 1. The SMILES string of the molecule is O=C(Cn1nc2ccccn2c1=O)Nc1ccc(CN2CCOCC2)cc1. The van der Waals surface area contributed by atoms with Crippen molar-refractivity contribution in [3.8, 4) is 0 Å². The van der Waals surface area contributed by atoms with Gasteiger partial charge in [0.25, 0.3) is 0 Å².